The molecule has 6 aromatic rings. The lowest BCUT2D eigenvalue weighted by atomic mass is 10.0. The molecule has 0 spiro atoms. The fraction of sp³-hybridized carbons (Fsp3) is 0.316. The summed E-state index contributed by atoms with van der Waals surface area (Å²) < 4.78 is 7.16. The Morgan fingerprint density at radius 1 is 0.605 bits per heavy atom. The van der Waals surface area contributed by atoms with Crippen LogP contribution in [0.1, 0.15) is 76.7 Å². The van der Waals surface area contributed by atoms with Gasteiger partial charge in [0.1, 0.15) is 4.60 Å². The first kappa shape index (κ1) is 30.8. The molecule has 0 amide bonds. The van der Waals surface area contributed by atoms with Gasteiger partial charge in [-0.25, -0.2) is 0 Å². The number of halogens is 2. The molecule has 0 aliphatic carbocycles. The van der Waals surface area contributed by atoms with Crippen molar-refractivity contribution in [3.05, 3.63) is 99.6 Å². The van der Waals surface area contributed by atoms with Crippen LogP contribution in [0.25, 0.3) is 46.9 Å². The zero-order valence-electron chi connectivity index (χ0n) is 24.9. The molecule has 3 aromatic carbocycles. The van der Waals surface area contributed by atoms with Gasteiger partial charge >= 0.3 is 0 Å². The van der Waals surface area contributed by atoms with E-state index in [1.807, 2.05) is 22.7 Å². The van der Waals surface area contributed by atoms with Crippen LogP contribution >= 0.6 is 54.5 Å². The van der Waals surface area contributed by atoms with E-state index in [9.17, 15) is 0 Å². The Hall–Kier alpha value is -2.18. The Kier molecular flexibility index (Phi) is 10.6. The zero-order chi connectivity index (χ0) is 29.6. The quantitative estimate of drug-likeness (QED) is 0.0983. The third-order valence-corrected chi connectivity index (χ3v) is 12.7. The summed E-state index contributed by atoms with van der Waals surface area (Å²) >= 11 is 11.7. The van der Waals surface area contributed by atoms with Gasteiger partial charge < -0.3 is 4.57 Å². The number of thiophene rings is 2. The molecule has 0 atom stereocenters. The van der Waals surface area contributed by atoms with E-state index in [1.165, 1.54) is 117 Å². The van der Waals surface area contributed by atoms with Crippen LogP contribution in [-0.2, 0) is 6.42 Å². The summed E-state index contributed by atoms with van der Waals surface area (Å²) in [4.78, 5) is 2.55. The number of fused-ring (bicyclic) bond motifs is 2. The van der Waals surface area contributed by atoms with Crippen LogP contribution in [0, 0.1) is 0 Å². The van der Waals surface area contributed by atoms with E-state index in [1.54, 1.807) is 0 Å². The molecule has 0 aliphatic heterocycles. The molecule has 0 radical (unpaired) electrons. The molecule has 0 bridgehead atoms. The van der Waals surface area contributed by atoms with E-state index >= 15 is 0 Å². The standard InChI is InChI=1S/C38H39Br2NS2/c1-2-3-4-5-6-7-8-9-10-11-16-27-21-23-30(24-22-27)41-37(34-26-29-18-13-15-20-32(29)43-34)35(36(39)38(41)40)33-25-28-17-12-14-19-31(28)42-33/h12-15,17-26H,2-11,16H2,1H3. The minimum atomic E-state index is 1.05. The smallest absolute Gasteiger partial charge is 0.105 e. The number of aryl methyl sites for hydroxylation is 1. The molecule has 0 unspecified atom stereocenters. The number of aromatic nitrogens is 1. The Bertz CT molecular complexity index is 1720. The van der Waals surface area contributed by atoms with E-state index < -0.39 is 0 Å². The molecule has 3 heterocycles. The maximum atomic E-state index is 4.02. The molecule has 1 nitrogen and oxygen atoms in total. The Labute approximate surface area is 281 Å². The fourth-order valence-corrected chi connectivity index (χ4v) is 9.56. The van der Waals surface area contributed by atoms with E-state index in [0.29, 0.717) is 0 Å². The van der Waals surface area contributed by atoms with Crippen LogP contribution in [0.2, 0.25) is 0 Å². The first-order valence-electron chi connectivity index (χ1n) is 15.8. The number of benzene rings is 3. The molecule has 0 saturated carbocycles. The fourth-order valence-electron chi connectivity index (χ4n) is 6.05. The molecule has 0 fully saturated rings. The maximum Gasteiger partial charge on any atom is 0.105 e. The maximum absolute atomic E-state index is 4.02. The van der Waals surface area contributed by atoms with Gasteiger partial charge in [-0.15, -0.1) is 22.7 Å². The highest BCUT2D eigenvalue weighted by molar-refractivity contribution is 9.13. The number of nitrogens with zero attached hydrogens (tertiary/aromatic N) is 1. The van der Waals surface area contributed by atoms with Crippen molar-refractivity contribution in [3.8, 4) is 26.7 Å². The van der Waals surface area contributed by atoms with Gasteiger partial charge in [0.25, 0.3) is 0 Å². The third kappa shape index (κ3) is 7.06. The molecule has 6 rings (SSSR count). The van der Waals surface area contributed by atoms with Crippen molar-refractivity contribution in [2.24, 2.45) is 0 Å². The van der Waals surface area contributed by atoms with Gasteiger partial charge in [-0.1, -0.05) is 113 Å². The largest absolute Gasteiger partial charge is 0.301 e. The van der Waals surface area contributed by atoms with Crippen LogP contribution in [0.4, 0.5) is 0 Å². The predicted molar refractivity (Wildman–Crippen MR) is 198 cm³/mol. The van der Waals surface area contributed by atoms with E-state index in [-0.39, 0.29) is 0 Å². The van der Waals surface area contributed by atoms with Gasteiger partial charge in [-0.3, -0.25) is 0 Å². The van der Waals surface area contributed by atoms with Gasteiger partial charge in [-0.2, -0.15) is 0 Å². The van der Waals surface area contributed by atoms with E-state index in [2.05, 4.69) is 128 Å². The Morgan fingerprint density at radius 2 is 1.14 bits per heavy atom. The van der Waals surface area contributed by atoms with Crippen molar-refractivity contribution in [1.82, 2.24) is 4.57 Å². The summed E-state index contributed by atoms with van der Waals surface area (Å²) in [5, 5.41) is 2.58. The van der Waals surface area contributed by atoms with Crippen LogP contribution in [0.3, 0.4) is 0 Å². The van der Waals surface area contributed by atoms with Crippen molar-refractivity contribution >= 4 is 74.7 Å². The van der Waals surface area contributed by atoms with Crippen molar-refractivity contribution in [1.29, 1.82) is 0 Å². The lowest BCUT2D eigenvalue weighted by Gasteiger charge is -2.12. The molecule has 0 N–H and O–H groups in total. The van der Waals surface area contributed by atoms with Crippen LogP contribution < -0.4 is 0 Å². The second-order valence-electron chi connectivity index (χ2n) is 11.6. The average molecular weight is 734 g/mol. The van der Waals surface area contributed by atoms with Gasteiger partial charge in [0.05, 0.1) is 15.0 Å². The highest BCUT2D eigenvalue weighted by Crippen LogP contribution is 2.50. The first-order chi connectivity index (χ1) is 21.1. The van der Waals surface area contributed by atoms with Crippen molar-refractivity contribution in [2.75, 3.05) is 0 Å². The summed E-state index contributed by atoms with van der Waals surface area (Å²) in [6.07, 6.45) is 14.9. The molecular weight excluding hydrogens is 694 g/mol. The zero-order valence-corrected chi connectivity index (χ0v) is 29.7. The van der Waals surface area contributed by atoms with Crippen molar-refractivity contribution in [2.45, 2.75) is 77.6 Å². The molecule has 0 saturated heterocycles. The number of unbranched alkanes of at least 4 members (excludes halogenated alkanes) is 9. The van der Waals surface area contributed by atoms with E-state index in [4.69, 9.17) is 0 Å². The van der Waals surface area contributed by atoms with E-state index in [0.717, 1.165) is 15.5 Å². The average Bonchev–Trinajstić information content (AvgIpc) is 3.72. The highest BCUT2D eigenvalue weighted by atomic mass is 79.9. The van der Waals surface area contributed by atoms with Crippen molar-refractivity contribution in [3.63, 3.8) is 0 Å². The highest BCUT2D eigenvalue weighted by Gasteiger charge is 2.26. The summed E-state index contributed by atoms with van der Waals surface area (Å²) in [5.74, 6) is 0. The number of hydrogen-bond acceptors (Lipinski definition) is 2. The molecule has 3 aromatic heterocycles. The van der Waals surface area contributed by atoms with Gasteiger partial charge in [0.15, 0.2) is 0 Å². The summed E-state index contributed by atoms with van der Waals surface area (Å²) in [6, 6.07) is 31.3. The topological polar surface area (TPSA) is 4.93 Å². The van der Waals surface area contributed by atoms with Gasteiger partial charge in [0.2, 0.25) is 0 Å². The first-order valence-corrected chi connectivity index (χ1v) is 19.0. The van der Waals surface area contributed by atoms with Crippen molar-refractivity contribution < 1.29 is 0 Å². The Morgan fingerprint density at radius 3 is 1.74 bits per heavy atom. The summed E-state index contributed by atoms with van der Waals surface area (Å²) in [7, 11) is 0. The number of rotatable bonds is 14. The SMILES string of the molecule is CCCCCCCCCCCCc1ccc(-n2c(Br)c(Br)c(-c3cc4ccccc4s3)c2-c2cc3ccccc3s2)cc1. The number of hydrogen-bond donors (Lipinski definition) is 0. The monoisotopic (exact) mass is 731 g/mol. The normalized spacial score (nSPS) is 11.7. The lowest BCUT2D eigenvalue weighted by Crippen LogP contribution is -1.97. The summed E-state index contributed by atoms with van der Waals surface area (Å²) in [6.45, 7) is 2.29. The predicted octanol–water partition coefficient (Wildman–Crippen LogP) is 14.2. The van der Waals surface area contributed by atoms with Gasteiger partial charge in [-0.05, 0) is 97.4 Å². The molecule has 5 heteroatoms. The van der Waals surface area contributed by atoms with Gasteiger partial charge in [0, 0.05) is 25.5 Å². The molecule has 0 aliphatic rings. The van der Waals surface area contributed by atoms with Crippen LogP contribution in [0.15, 0.2) is 94.0 Å². The third-order valence-electron chi connectivity index (χ3n) is 8.40. The minimum absolute atomic E-state index is 1.05. The van der Waals surface area contributed by atoms with Crippen LogP contribution in [-0.4, -0.2) is 4.57 Å². The molecular formula is C38H39Br2NS2. The lowest BCUT2D eigenvalue weighted by molar-refractivity contribution is 0.556. The molecule has 222 valence electrons. The second kappa shape index (κ2) is 14.7. The second-order valence-corrected chi connectivity index (χ2v) is 15.3. The van der Waals surface area contributed by atoms with Crippen LogP contribution in [0.5, 0.6) is 0 Å². The summed E-state index contributed by atoms with van der Waals surface area (Å²) in [5.41, 5.74) is 5.08. The molecule has 43 heavy (non-hydrogen) atoms. The Balaban J connectivity index is 1.24. The minimum Gasteiger partial charge on any atom is -0.301 e.